The molecule has 7 heteroatoms. The van der Waals surface area contributed by atoms with E-state index in [4.69, 9.17) is 4.74 Å². The molecule has 2 fully saturated rings. The lowest BCUT2D eigenvalue weighted by atomic mass is 10.2. The highest BCUT2D eigenvalue weighted by molar-refractivity contribution is 5.29. The second-order valence-electron chi connectivity index (χ2n) is 5.65. The zero-order chi connectivity index (χ0) is 14.1. The summed E-state index contributed by atoms with van der Waals surface area (Å²) in [5.74, 6) is 3.18. The van der Waals surface area contributed by atoms with E-state index in [0.717, 1.165) is 36.9 Å². The van der Waals surface area contributed by atoms with Gasteiger partial charge < -0.3 is 10.1 Å². The molecule has 7 nitrogen and oxygen atoms in total. The standard InChI is InChI=1S/C14H18N6O/c1-2-9(1)13-18-14(20-19-13)11-4-3-10(21-11)7-17-12-8-15-5-6-16-12/h5-6,8-11H,1-4,7H2,(H,16,17)(H,18,19,20)/t10-,11+/m1/s1. The molecular formula is C14H18N6O. The van der Waals surface area contributed by atoms with Gasteiger partial charge in [-0.05, 0) is 25.7 Å². The summed E-state index contributed by atoms with van der Waals surface area (Å²) in [5.41, 5.74) is 0. The van der Waals surface area contributed by atoms with Gasteiger partial charge in [0.2, 0.25) is 0 Å². The molecule has 21 heavy (non-hydrogen) atoms. The Kier molecular flexibility index (Phi) is 3.27. The van der Waals surface area contributed by atoms with Crippen LogP contribution in [0.4, 0.5) is 5.82 Å². The van der Waals surface area contributed by atoms with E-state index in [1.54, 1.807) is 18.6 Å². The number of nitrogens with zero attached hydrogens (tertiary/aromatic N) is 4. The van der Waals surface area contributed by atoms with Crippen LogP contribution in [0, 0.1) is 0 Å². The molecule has 2 aliphatic rings. The molecule has 0 bridgehead atoms. The molecule has 4 rings (SSSR count). The summed E-state index contributed by atoms with van der Waals surface area (Å²) in [6.07, 6.45) is 9.68. The minimum atomic E-state index is 0.0404. The van der Waals surface area contributed by atoms with Gasteiger partial charge in [0.25, 0.3) is 0 Å². The summed E-state index contributed by atoms with van der Waals surface area (Å²) in [4.78, 5) is 12.8. The Balaban J connectivity index is 1.31. The van der Waals surface area contributed by atoms with Gasteiger partial charge in [0.15, 0.2) is 11.6 Å². The van der Waals surface area contributed by atoms with Crippen LogP contribution in [0.15, 0.2) is 18.6 Å². The van der Waals surface area contributed by atoms with Gasteiger partial charge in [0.1, 0.15) is 11.9 Å². The van der Waals surface area contributed by atoms with E-state index in [1.807, 2.05) is 0 Å². The molecule has 3 heterocycles. The molecule has 1 aliphatic carbocycles. The number of H-pyrrole nitrogens is 1. The van der Waals surface area contributed by atoms with E-state index in [2.05, 4.69) is 30.5 Å². The van der Waals surface area contributed by atoms with E-state index in [1.165, 1.54) is 12.8 Å². The first-order valence-electron chi connectivity index (χ1n) is 7.46. The van der Waals surface area contributed by atoms with Crippen LogP contribution in [0.3, 0.4) is 0 Å². The first-order valence-corrected chi connectivity index (χ1v) is 7.46. The molecule has 1 saturated carbocycles. The minimum absolute atomic E-state index is 0.0404. The van der Waals surface area contributed by atoms with Gasteiger partial charge in [-0.2, -0.15) is 5.10 Å². The number of hydrogen-bond donors (Lipinski definition) is 2. The normalized spacial score (nSPS) is 25.1. The molecule has 0 aromatic carbocycles. The predicted molar refractivity (Wildman–Crippen MR) is 75.7 cm³/mol. The smallest absolute Gasteiger partial charge is 0.153 e. The summed E-state index contributed by atoms with van der Waals surface area (Å²) in [6, 6.07) is 0. The molecule has 0 amide bonds. The largest absolute Gasteiger partial charge is 0.366 e. The summed E-state index contributed by atoms with van der Waals surface area (Å²) < 4.78 is 6.04. The average molecular weight is 286 g/mol. The van der Waals surface area contributed by atoms with Gasteiger partial charge >= 0.3 is 0 Å². The zero-order valence-electron chi connectivity index (χ0n) is 11.7. The number of rotatable bonds is 5. The van der Waals surface area contributed by atoms with Crippen molar-refractivity contribution in [2.75, 3.05) is 11.9 Å². The van der Waals surface area contributed by atoms with Crippen LogP contribution in [0.1, 0.15) is 49.4 Å². The van der Waals surface area contributed by atoms with Crippen LogP contribution >= 0.6 is 0 Å². The summed E-state index contributed by atoms with van der Waals surface area (Å²) in [5, 5.41) is 10.6. The Labute approximate surface area is 122 Å². The molecule has 1 aliphatic heterocycles. The van der Waals surface area contributed by atoms with Crippen molar-refractivity contribution in [2.45, 2.75) is 43.8 Å². The van der Waals surface area contributed by atoms with Crippen molar-refractivity contribution in [1.29, 1.82) is 0 Å². The fraction of sp³-hybridized carbons (Fsp3) is 0.571. The number of anilines is 1. The number of aromatic nitrogens is 5. The number of hydrogen-bond acceptors (Lipinski definition) is 6. The first-order chi connectivity index (χ1) is 10.4. The Bertz CT molecular complexity index is 597. The summed E-state index contributed by atoms with van der Waals surface area (Å²) in [6.45, 7) is 0.735. The lowest BCUT2D eigenvalue weighted by molar-refractivity contribution is 0.0471. The number of ether oxygens (including phenoxy) is 1. The quantitative estimate of drug-likeness (QED) is 0.871. The Morgan fingerprint density at radius 3 is 3.00 bits per heavy atom. The molecule has 2 aromatic rings. The topological polar surface area (TPSA) is 88.6 Å². The van der Waals surface area contributed by atoms with Crippen LogP contribution in [0.5, 0.6) is 0 Å². The van der Waals surface area contributed by atoms with Crippen LogP contribution < -0.4 is 5.32 Å². The highest BCUT2D eigenvalue weighted by Gasteiger charge is 2.32. The van der Waals surface area contributed by atoms with E-state index in [0.29, 0.717) is 5.92 Å². The third-order valence-corrected chi connectivity index (χ3v) is 3.95. The van der Waals surface area contributed by atoms with Gasteiger partial charge in [0.05, 0.1) is 12.3 Å². The Morgan fingerprint density at radius 1 is 1.24 bits per heavy atom. The second-order valence-corrected chi connectivity index (χ2v) is 5.65. The summed E-state index contributed by atoms with van der Waals surface area (Å²) >= 11 is 0. The number of nitrogens with one attached hydrogen (secondary N) is 2. The highest BCUT2D eigenvalue weighted by atomic mass is 16.5. The molecule has 110 valence electrons. The molecule has 0 spiro atoms. The summed E-state index contributed by atoms with van der Waals surface area (Å²) in [7, 11) is 0. The van der Waals surface area contributed by atoms with E-state index in [9.17, 15) is 0 Å². The van der Waals surface area contributed by atoms with Crippen LogP contribution in [-0.2, 0) is 4.74 Å². The monoisotopic (exact) mass is 286 g/mol. The van der Waals surface area contributed by atoms with E-state index < -0.39 is 0 Å². The predicted octanol–water partition coefficient (Wildman–Crippen LogP) is 1.80. The van der Waals surface area contributed by atoms with Gasteiger partial charge in [-0.15, -0.1) is 0 Å². The molecule has 1 saturated heterocycles. The third kappa shape index (κ3) is 2.87. The van der Waals surface area contributed by atoms with Crippen molar-refractivity contribution < 1.29 is 4.74 Å². The van der Waals surface area contributed by atoms with Gasteiger partial charge in [-0.25, -0.2) is 9.97 Å². The van der Waals surface area contributed by atoms with Gasteiger partial charge in [0, 0.05) is 24.9 Å². The van der Waals surface area contributed by atoms with E-state index >= 15 is 0 Å². The van der Waals surface area contributed by atoms with Crippen molar-refractivity contribution >= 4 is 5.82 Å². The molecule has 2 aromatic heterocycles. The molecule has 2 atom stereocenters. The highest BCUT2D eigenvalue weighted by Crippen LogP contribution is 2.39. The fourth-order valence-electron chi connectivity index (χ4n) is 2.62. The molecule has 2 N–H and O–H groups in total. The fourth-order valence-corrected chi connectivity index (χ4v) is 2.62. The molecular weight excluding hydrogens is 268 g/mol. The van der Waals surface area contributed by atoms with Crippen molar-refractivity contribution in [3.8, 4) is 0 Å². The van der Waals surface area contributed by atoms with Gasteiger partial charge in [-0.3, -0.25) is 10.1 Å². The zero-order valence-corrected chi connectivity index (χ0v) is 11.7. The second kappa shape index (κ2) is 5.40. The van der Waals surface area contributed by atoms with Crippen molar-refractivity contribution in [2.24, 2.45) is 0 Å². The van der Waals surface area contributed by atoms with Crippen LogP contribution in [-0.4, -0.2) is 37.8 Å². The van der Waals surface area contributed by atoms with E-state index in [-0.39, 0.29) is 12.2 Å². The maximum Gasteiger partial charge on any atom is 0.153 e. The average Bonchev–Trinajstić information content (AvgIpc) is 3.08. The minimum Gasteiger partial charge on any atom is -0.366 e. The molecule has 0 unspecified atom stereocenters. The van der Waals surface area contributed by atoms with Gasteiger partial charge in [-0.1, -0.05) is 0 Å². The first kappa shape index (κ1) is 12.7. The maximum atomic E-state index is 6.04. The Hall–Kier alpha value is -2.02. The third-order valence-electron chi connectivity index (χ3n) is 3.95. The van der Waals surface area contributed by atoms with Crippen LogP contribution in [0.25, 0.3) is 0 Å². The van der Waals surface area contributed by atoms with Crippen molar-refractivity contribution in [1.82, 2.24) is 25.1 Å². The Morgan fingerprint density at radius 2 is 2.19 bits per heavy atom. The molecule has 0 radical (unpaired) electrons. The lowest BCUT2D eigenvalue weighted by Crippen LogP contribution is -2.19. The maximum absolute atomic E-state index is 6.04. The number of aromatic amines is 1. The SMILES string of the molecule is c1cnc(NC[C@H]2CC[C@@H](c3nc(C4CC4)n[nH]3)O2)cn1. The van der Waals surface area contributed by atoms with Crippen LogP contribution in [0.2, 0.25) is 0 Å². The van der Waals surface area contributed by atoms with Crippen molar-refractivity contribution in [3.05, 3.63) is 30.2 Å². The van der Waals surface area contributed by atoms with Crippen molar-refractivity contribution in [3.63, 3.8) is 0 Å². The lowest BCUT2D eigenvalue weighted by Gasteiger charge is -2.13.